The Balaban J connectivity index is 2.19. The topological polar surface area (TPSA) is 93.6 Å². The Morgan fingerprint density at radius 2 is 2.37 bits per heavy atom. The number of nitrogens with two attached hydrogens (primary N) is 2. The summed E-state index contributed by atoms with van der Waals surface area (Å²) < 4.78 is 5.67. The minimum atomic E-state index is -0.546. The van der Waals surface area contributed by atoms with Crippen LogP contribution in [-0.2, 0) is 4.74 Å². The number of amides is 2. The van der Waals surface area contributed by atoms with Gasteiger partial charge in [-0.2, -0.15) is 0 Å². The molecule has 0 bridgehead atoms. The molecule has 104 valence electrons. The lowest BCUT2D eigenvalue weighted by atomic mass is 10.1. The average Bonchev–Trinajstić information content (AvgIpc) is 2.87. The molecule has 0 radical (unpaired) electrons. The molecular weight excluding hydrogens is 244 g/mol. The maximum Gasteiger partial charge on any atom is 0.313 e. The van der Waals surface area contributed by atoms with Gasteiger partial charge in [0.15, 0.2) is 0 Å². The van der Waals surface area contributed by atoms with Crippen LogP contribution in [0.5, 0.6) is 0 Å². The quantitative estimate of drug-likeness (QED) is 0.561. The number of nitrogens with zero attached hydrogens (tertiary/aromatic N) is 1. The van der Waals surface area contributed by atoms with Crippen molar-refractivity contribution in [3.63, 3.8) is 0 Å². The second-order valence-electron chi connectivity index (χ2n) is 4.68. The third-order valence-electron chi connectivity index (χ3n) is 3.26. The Kier molecular flexibility index (Phi) is 4.11. The van der Waals surface area contributed by atoms with E-state index in [2.05, 4.69) is 5.32 Å². The van der Waals surface area contributed by atoms with Crippen molar-refractivity contribution in [1.29, 1.82) is 0 Å². The van der Waals surface area contributed by atoms with Crippen LogP contribution < -0.4 is 21.7 Å². The summed E-state index contributed by atoms with van der Waals surface area (Å²) in [4.78, 5) is 12.9. The molecule has 1 atom stereocenters. The average molecular weight is 264 g/mol. The fourth-order valence-electron chi connectivity index (χ4n) is 2.17. The van der Waals surface area contributed by atoms with Crippen LogP contribution in [0.15, 0.2) is 18.2 Å². The standard InChI is InChI=1S/C13H20N4O2/c1-9-7-10(4-5-11(9)14)17(8-16-13(15)18)12-3-2-6-19-12/h4-5,7,12H,2-3,6,8,14H2,1H3,(H3,15,16,18). The number of urea groups is 1. The zero-order valence-electron chi connectivity index (χ0n) is 11.1. The molecule has 1 unspecified atom stereocenters. The first kappa shape index (κ1) is 13.5. The van der Waals surface area contributed by atoms with Gasteiger partial charge in [0.1, 0.15) is 6.23 Å². The highest BCUT2D eigenvalue weighted by atomic mass is 16.5. The monoisotopic (exact) mass is 264 g/mol. The molecule has 6 heteroatoms. The predicted octanol–water partition coefficient (Wildman–Crippen LogP) is 1.15. The van der Waals surface area contributed by atoms with Crippen molar-refractivity contribution in [1.82, 2.24) is 5.32 Å². The van der Waals surface area contributed by atoms with E-state index in [9.17, 15) is 4.79 Å². The Hall–Kier alpha value is -1.95. The first-order chi connectivity index (χ1) is 9.08. The number of primary amides is 1. The summed E-state index contributed by atoms with van der Waals surface area (Å²) in [5.41, 5.74) is 13.7. The fraction of sp³-hybridized carbons (Fsp3) is 0.462. The summed E-state index contributed by atoms with van der Waals surface area (Å²) in [5.74, 6) is 0. The lowest BCUT2D eigenvalue weighted by Crippen LogP contribution is -2.45. The first-order valence-corrected chi connectivity index (χ1v) is 6.35. The van der Waals surface area contributed by atoms with Crippen molar-refractivity contribution in [2.24, 2.45) is 5.73 Å². The molecule has 2 amide bonds. The number of rotatable bonds is 4. The second kappa shape index (κ2) is 5.79. The lowest BCUT2D eigenvalue weighted by molar-refractivity contribution is 0.106. The zero-order valence-corrected chi connectivity index (χ0v) is 11.1. The van der Waals surface area contributed by atoms with E-state index in [1.165, 1.54) is 0 Å². The van der Waals surface area contributed by atoms with Crippen LogP contribution in [0, 0.1) is 6.92 Å². The van der Waals surface area contributed by atoms with Crippen LogP contribution in [0.2, 0.25) is 0 Å². The zero-order chi connectivity index (χ0) is 13.8. The van der Waals surface area contributed by atoms with Crippen LogP contribution in [0.4, 0.5) is 16.2 Å². The van der Waals surface area contributed by atoms with E-state index in [1.54, 1.807) is 0 Å². The number of anilines is 2. The van der Waals surface area contributed by atoms with E-state index in [0.717, 1.165) is 36.4 Å². The number of aryl methyl sites for hydroxylation is 1. The number of benzene rings is 1. The van der Waals surface area contributed by atoms with Gasteiger partial charge in [0.25, 0.3) is 0 Å². The molecule has 2 rings (SSSR count). The van der Waals surface area contributed by atoms with Crippen molar-refractivity contribution in [3.8, 4) is 0 Å². The van der Waals surface area contributed by atoms with Crippen molar-refractivity contribution >= 4 is 17.4 Å². The van der Waals surface area contributed by atoms with E-state index >= 15 is 0 Å². The number of carbonyl (C=O) groups excluding carboxylic acids is 1. The molecule has 0 spiro atoms. The Labute approximate surface area is 112 Å². The Morgan fingerprint density at radius 3 is 2.95 bits per heavy atom. The Morgan fingerprint density at radius 1 is 1.58 bits per heavy atom. The van der Waals surface area contributed by atoms with Crippen LogP contribution in [0.25, 0.3) is 0 Å². The molecule has 0 aromatic heterocycles. The number of nitrogen functional groups attached to an aromatic ring is 1. The van der Waals surface area contributed by atoms with Gasteiger partial charge >= 0.3 is 6.03 Å². The number of carbonyl (C=O) groups is 1. The van der Waals surface area contributed by atoms with Gasteiger partial charge in [-0.05, 0) is 43.5 Å². The minimum absolute atomic E-state index is 0.0325. The van der Waals surface area contributed by atoms with E-state index in [-0.39, 0.29) is 6.23 Å². The normalized spacial score (nSPS) is 18.3. The van der Waals surface area contributed by atoms with Crippen molar-refractivity contribution in [2.75, 3.05) is 23.9 Å². The largest absolute Gasteiger partial charge is 0.399 e. The maximum absolute atomic E-state index is 10.9. The molecule has 1 aromatic rings. The lowest BCUT2D eigenvalue weighted by Gasteiger charge is -2.30. The highest BCUT2D eigenvalue weighted by Gasteiger charge is 2.24. The SMILES string of the molecule is Cc1cc(N(CNC(N)=O)C2CCCO2)ccc1N. The van der Waals surface area contributed by atoms with Crippen LogP contribution in [0.1, 0.15) is 18.4 Å². The molecule has 1 aromatic carbocycles. The van der Waals surface area contributed by atoms with Gasteiger partial charge < -0.3 is 26.4 Å². The smallest absolute Gasteiger partial charge is 0.313 e. The molecule has 6 nitrogen and oxygen atoms in total. The molecule has 0 aliphatic carbocycles. The van der Waals surface area contributed by atoms with E-state index in [0.29, 0.717) is 6.67 Å². The highest BCUT2D eigenvalue weighted by Crippen LogP contribution is 2.26. The van der Waals surface area contributed by atoms with E-state index < -0.39 is 6.03 Å². The van der Waals surface area contributed by atoms with Crippen LogP contribution >= 0.6 is 0 Å². The predicted molar refractivity (Wildman–Crippen MR) is 74.6 cm³/mol. The molecule has 1 fully saturated rings. The number of nitrogens with one attached hydrogen (secondary N) is 1. The summed E-state index contributed by atoms with van der Waals surface area (Å²) in [6, 6.07) is 5.22. The summed E-state index contributed by atoms with van der Waals surface area (Å²) in [6.45, 7) is 3.02. The van der Waals surface area contributed by atoms with E-state index in [1.807, 2.05) is 30.0 Å². The van der Waals surface area contributed by atoms with Gasteiger partial charge in [0, 0.05) is 18.0 Å². The van der Waals surface area contributed by atoms with E-state index in [4.69, 9.17) is 16.2 Å². The molecule has 1 saturated heterocycles. The molecule has 19 heavy (non-hydrogen) atoms. The number of hydrogen-bond donors (Lipinski definition) is 3. The van der Waals surface area contributed by atoms with Gasteiger partial charge in [-0.25, -0.2) is 4.79 Å². The summed E-state index contributed by atoms with van der Waals surface area (Å²) in [6.07, 6.45) is 1.92. The summed E-state index contributed by atoms with van der Waals surface area (Å²) in [7, 11) is 0. The van der Waals surface area contributed by atoms with Gasteiger partial charge in [-0.15, -0.1) is 0 Å². The summed E-state index contributed by atoms with van der Waals surface area (Å²) in [5, 5.41) is 2.61. The molecule has 1 aliphatic rings. The third kappa shape index (κ3) is 3.29. The van der Waals surface area contributed by atoms with Crippen LogP contribution in [0.3, 0.4) is 0 Å². The number of hydrogen-bond acceptors (Lipinski definition) is 4. The van der Waals surface area contributed by atoms with Crippen molar-refractivity contribution in [2.45, 2.75) is 26.0 Å². The number of ether oxygens (including phenoxy) is 1. The van der Waals surface area contributed by atoms with Crippen molar-refractivity contribution in [3.05, 3.63) is 23.8 Å². The molecule has 1 aliphatic heterocycles. The molecule has 5 N–H and O–H groups in total. The second-order valence-corrected chi connectivity index (χ2v) is 4.68. The van der Waals surface area contributed by atoms with Crippen LogP contribution in [-0.4, -0.2) is 25.5 Å². The van der Waals surface area contributed by atoms with Gasteiger partial charge in [0.05, 0.1) is 6.67 Å². The maximum atomic E-state index is 10.9. The van der Waals surface area contributed by atoms with Crippen molar-refractivity contribution < 1.29 is 9.53 Å². The molecule has 0 saturated carbocycles. The minimum Gasteiger partial charge on any atom is -0.399 e. The summed E-state index contributed by atoms with van der Waals surface area (Å²) >= 11 is 0. The van der Waals surface area contributed by atoms with Gasteiger partial charge in [-0.3, -0.25) is 0 Å². The Bertz CT molecular complexity index is 458. The fourth-order valence-corrected chi connectivity index (χ4v) is 2.17. The first-order valence-electron chi connectivity index (χ1n) is 6.35. The van der Waals surface area contributed by atoms with Gasteiger partial charge in [-0.1, -0.05) is 0 Å². The highest BCUT2D eigenvalue weighted by molar-refractivity contribution is 5.72. The third-order valence-corrected chi connectivity index (χ3v) is 3.26. The van der Waals surface area contributed by atoms with Gasteiger partial charge in [0.2, 0.25) is 0 Å². The molecular formula is C13H20N4O2. The molecule has 1 heterocycles.